The number of nitrogen functional groups attached to an aromatic ring is 1. The van der Waals surface area contributed by atoms with Crippen LogP contribution in [0.5, 0.6) is 0 Å². The van der Waals surface area contributed by atoms with Gasteiger partial charge in [0.25, 0.3) is 10.0 Å². The van der Waals surface area contributed by atoms with Crippen LogP contribution in [0.25, 0.3) is 0 Å². The number of hydrogen-bond donors (Lipinski definition) is 2. The zero-order chi connectivity index (χ0) is 15.6. The van der Waals surface area contributed by atoms with Crippen LogP contribution >= 0.6 is 23.2 Å². The summed E-state index contributed by atoms with van der Waals surface area (Å²) in [6, 6.07) is 10.2. The Kier molecular flexibility index (Phi) is 4.28. The van der Waals surface area contributed by atoms with E-state index in [2.05, 4.69) is 4.72 Å². The summed E-state index contributed by atoms with van der Waals surface area (Å²) in [6.07, 6.45) is 0. The van der Waals surface area contributed by atoms with Crippen LogP contribution in [0.15, 0.2) is 41.3 Å². The SMILES string of the molecule is N#Cc1cc(NS(=O)(=O)c2ccc(Cl)cc2N)ccc1Cl. The molecule has 2 aromatic carbocycles. The van der Waals surface area contributed by atoms with Crippen LogP contribution in [0.4, 0.5) is 11.4 Å². The average Bonchev–Trinajstić information content (AvgIpc) is 2.40. The number of nitriles is 1. The van der Waals surface area contributed by atoms with Crippen molar-refractivity contribution in [1.29, 1.82) is 5.26 Å². The lowest BCUT2D eigenvalue weighted by atomic mass is 10.2. The Morgan fingerprint density at radius 3 is 2.48 bits per heavy atom. The maximum atomic E-state index is 12.3. The molecule has 0 atom stereocenters. The quantitative estimate of drug-likeness (QED) is 0.837. The molecule has 0 aromatic heterocycles. The first-order valence-corrected chi connectivity index (χ1v) is 7.85. The first-order chi connectivity index (χ1) is 9.83. The standard InChI is InChI=1S/C13H9Cl2N3O2S/c14-9-1-4-13(12(17)6-9)21(19,20)18-10-2-3-11(15)8(5-10)7-16/h1-6,18H,17H2. The lowest BCUT2D eigenvalue weighted by Crippen LogP contribution is -2.14. The third kappa shape index (κ3) is 3.39. The molecular weight excluding hydrogens is 333 g/mol. The molecule has 0 spiro atoms. The van der Waals surface area contributed by atoms with Crippen molar-refractivity contribution in [2.45, 2.75) is 4.90 Å². The first-order valence-electron chi connectivity index (χ1n) is 5.61. The molecule has 0 saturated carbocycles. The lowest BCUT2D eigenvalue weighted by molar-refractivity contribution is 0.601. The zero-order valence-corrected chi connectivity index (χ0v) is 12.8. The van der Waals surface area contributed by atoms with Gasteiger partial charge >= 0.3 is 0 Å². The maximum Gasteiger partial charge on any atom is 0.263 e. The number of benzene rings is 2. The van der Waals surface area contributed by atoms with E-state index in [0.29, 0.717) is 5.02 Å². The molecule has 0 amide bonds. The van der Waals surface area contributed by atoms with Gasteiger partial charge in [0.1, 0.15) is 11.0 Å². The van der Waals surface area contributed by atoms with E-state index in [-0.39, 0.29) is 26.9 Å². The summed E-state index contributed by atoms with van der Waals surface area (Å²) in [7, 11) is -3.88. The van der Waals surface area contributed by atoms with Crippen molar-refractivity contribution in [2.24, 2.45) is 0 Å². The number of halogens is 2. The number of nitrogens with one attached hydrogen (secondary N) is 1. The van der Waals surface area contributed by atoms with E-state index in [9.17, 15) is 8.42 Å². The molecule has 0 radical (unpaired) electrons. The first kappa shape index (κ1) is 15.4. The second kappa shape index (κ2) is 5.82. The Balaban J connectivity index is 2.40. The normalized spacial score (nSPS) is 10.9. The second-order valence-corrected chi connectivity index (χ2v) is 6.59. The number of anilines is 2. The molecule has 0 aliphatic carbocycles. The fourth-order valence-corrected chi connectivity index (χ4v) is 3.15. The van der Waals surface area contributed by atoms with Crippen molar-refractivity contribution in [1.82, 2.24) is 0 Å². The monoisotopic (exact) mass is 341 g/mol. The Bertz CT molecular complexity index is 845. The number of nitrogens with two attached hydrogens (primary N) is 1. The largest absolute Gasteiger partial charge is 0.398 e. The van der Waals surface area contributed by atoms with Crippen LogP contribution in [-0.4, -0.2) is 8.42 Å². The lowest BCUT2D eigenvalue weighted by Gasteiger charge is -2.11. The van der Waals surface area contributed by atoms with Crippen molar-refractivity contribution in [3.8, 4) is 6.07 Å². The van der Waals surface area contributed by atoms with Crippen LogP contribution in [-0.2, 0) is 10.0 Å². The highest BCUT2D eigenvalue weighted by atomic mass is 35.5. The molecule has 108 valence electrons. The van der Waals surface area contributed by atoms with Crippen LogP contribution < -0.4 is 10.5 Å². The van der Waals surface area contributed by atoms with E-state index in [1.165, 1.54) is 36.4 Å². The summed E-state index contributed by atoms with van der Waals surface area (Å²) in [5.41, 5.74) is 6.08. The van der Waals surface area contributed by atoms with Crippen molar-refractivity contribution >= 4 is 44.6 Å². The predicted octanol–water partition coefficient (Wildman–Crippen LogP) is 3.25. The van der Waals surface area contributed by atoms with Gasteiger partial charge in [-0.05, 0) is 36.4 Å². The molecule has 0 saturated heterocycles. The smallest absolute Gasteiger partial charge is 0.263 e. The topological polar surface area (TPSA) is 96.0 Å². The average molecular weight is 342 g/mol. The van der Waals surface area contributed by atoms with Gasteiger partial charge in [-0.1, -0.05) is 23.2 Å². The van der Waals surface area contributed by atoms with Gasteiger partial charge in [-0.15, -0.1) is 0 Å². The fraction of sp³-hybridized carbons (Fsp3) is 0. The van der Waals surface area contributed by atoms with Gasteiger partial charge in [0.15, 0.2) is 0 Å². The van der Waals surface area contributed by atoms with E-state index in [1.807, 2.05) is 6.07 Å². The molecule has 0 aliphatic heterocycles. The van der Waals surface area contributed by atoms with Crippen LogP contribution in [0.2, 0.25) is 10.0 Å². The Morgan fingerprint density at radius 2 is 1.86 bits per heavy atom. The van der Waals surface area contributed by atoms with Crippen molar-refractivity contribution in [3.63, 3.8) is 0 Å². The van der Waals surface area contributed by atoms with Crippen LogP contribution in [0.1, 0.15) is 5.56 Å². The summed E-state index contributed by atoms with van der Waals surface area (Å²) in [5.74, 6) is 0. The van der Waals surface area contributed by atoms with Gasteiger partial charge in [0.2, 0.25) is 0 Å². The van der Waals surface area contributed by atoms with Crippen LogP contribution in [0, 0.1) is 11.3 Å². The molecule has 0 heterocycles. The Morgan fingerprint density at radius 1 is 1.14 bits per heavy atom. The minimum Gasteiger partial charge on any atom is -0.398 e. The minimum atomic E-state index is -3.88. The molecule has 2 aromatic rings. The van der Waals surface area contributed by atoms with Crippen molar-refractivity contribution in [3.05, 3.63) is 52.0 Å². The maximum absolute atomic E-state index is 12.3. The molecule has 0 fully saturated rings. The van der Waals surface area contributed by atoms with E-state index < -0.39 is 10.0 Å². The number of sulfonamides is 1. The summed E-state index contributed by atoms with van der Waals surface area (Å²) < 4.78 is 26.9. The molecule has 0 bridgehead atoms. The third-order valence-electron chi connectivity index (χ3n) is 2.60. The molecule has 8 heteroatoms. The Hall–Kier alpha value is -1.94. The van der Waals surface area contributed by atoms with Crippen LogP contribution in [0.3, 0.4) is 0 Å². The van der Waals surface area contributed by atoms with Gasteiger partial charge in [0, 0.05) is 5.02 Å². The molecule has 0 aliphatic rings. The molecule has 21 heavy (non-hydrogen) atoms. The molecule has 5 nitrogen and oxygen atoms in total. The Labute approximate surface area is 132 Å². The highest BCUT2D eigenvalue weighted by molar-refractivity contribution is 7.92. The summed E-state index contributed by atoms with van der Waals surface area (Å²) in [5, 5.41) is 9.47. The van der Waals surface area contributed by atoms with Gasteiger partial charge in [-0.3, -0.25) is 4.72 Å². The number of nitrogens with zero attached hydrogens (tertiary/aromatic N) is 1. The summed E-state index contributed by atoms with van der Waals surface area (Å²) in [6.45, 7) is 0. The fourth-order valence-electron chi connectivity index (χ4n) is 1.65. The van der Waals surface area contributed by atoms with Crippen molar-refractivity contribution < 1.29 is 8.42 Å². The molecule has 3 N–H and O–H groups in total. The van der Waals surface area contributed by atoms with E-state index in [4.69, 9.17) is 34.2 Å². The predicted molar refractivity (Wildman–Crippen MR) is 82.8 cm³/mol. The van der Waals surface area contributed by atoms with E-state index in [1.54, 1.807) is 0 Å². The second-order valence-electron chi connectivity index (χ2n) is 4.09. The van der Waals surface area contributed by atoms with E-state index >= 15 is 0 Å². The van der Waals surface area contributed by atoms with E-state index in [0.717, 1.165) is 0 Å². The number of hydrogen-bond acceptors (Lipinski definition) is 4. The van der Waals surface area contributed by atoms with Gasteiger partial charge in [-0.25, -0.2) is 8.42 Å². The molecule has 0 unspecified atom stereocenters. The summed E-state index contributed by atoms with van der Waals surface area (Å²) >= 11 is 11.5. The molecule has 2 rings (SSSR count). The molecular formula is C13H9Cl2N3O2S. The highest BCUT2D eigenvalue weighted by Crippen LogP contribution is 2.26. The zero-order valence-electron chi connectivity index (χ0n) is 10.5. The van der Waals surface area contributed by atoms with Gasteiger partial charge < -0.3 is 5.73 Å². The number of rotatable bonds is 3. The van der Waals surface area contributed by atoms with Crippen molar-refractivity contribution in [2.75, 3.05) is 10.5 Å². The summed E-state index contributed by atoms with van der Waals surface area (Å²) in [4.78, 5) is -0.0969. The van der Waals surface area contributed by atoms with Gasteiger partial charge in [-0.2, -0.15) is 5.26 Å². The van der Waals surface area contributed by atoms with Gasteiger partial charge in [0.05, 0.1) is 22.0 Å². The minimum absolute atomic E-state index is 0.0319. The third-order valence-corrected chi connectivity index (χ3v) is 4.62. The highest BCUT2D eigenvalue weighted by Gasteiger charge is 2.18.